The molecule has 0 spiro atoms. The molecular formula is C20H42O2. The molecule has 0 aromatic carbocycles. The van der Waals surface area contributed by atoms with Crippen LogP contribution in [0.3, 0.4) is 0 Å². The third-order valence-electron chi connectivity index (χ3n) is 4.61. The Balaban J connectivity index is 3.22. The number of aliphatic hydroxyl groups is 2. The molecule has 22 heavy (non-hydrogen) atoms. The summed E-state index contributed by atoms with van der Waals surface area (Å²) in [6, 6.07) is 0. The third kappa shape index (κ3) is 16.3. The van der Waals surface area contributed by atoms with Gasteiger partial charge in [-0.25, -0.2) is 0 Å². The number of aliphatic hydroxyl groups excluding tert-OH is 2. The molecule has 0 amide bonds. The lowest BCUT2D eigenvalue weighted by molar-refractivity contribution is 0.142. The van der Waals surface area contributed by atoms with E-state index in [4.69, 9.17) is 0 Å². The Kier molecular flexibility index (Phi) is 17.2. The monoisotopic (exact) mass is 314 g/mol. The molecule has 2 heteroatoms. The van der Waals surface area contributed by atoms with Gasteiger partial charge in [0.15, 0.2) is 0 Å². The van der Waals surface area contributed by atoms with Crippen LogP contribution < -0.4 is 0 Å². The Labute approximate surface area is 139 Å². The highest BCUT2D eigenvalue weighted by atomic mass is 16.3. The van der Waals surface area contributed by atoms with Gasteiger partial charge in [0.2, 0.25) is 0 Å². The molecule has 0 aliphatic heterocycles. The minimum atomic E-state index is -0.0850. The highest BCUT2D eigenvalue weighted by Gasteiger charge is 2.05. The largest absolute Gasteiger partial charge is 0.393 e. The van der Waals surface area contributed by atoms with Crippen LogP contribution in [0.1, 0.15) is 117 Å². The van der Waals surface area contributed by atoms with Crippen LogP contribution in [0.25, 0.3) is 0 Å². The quantitative estimate of drug-likeness (QED) is 0.324. The van der Waals surface area contributed by atoms with Gasteiger partial charge in [0.25, 0.3) is 0 Å². The van der Waals surface area contributed by atoms with E-state index in [1.807, 2.05) is 0 Å². The summed E-state index contributed by atoms with van der Waals surface area (Å²) in [7, 11) is 0. The topological polar surface area (TPSA) is 40.5 Å². The Morgan fingerprint density at radius 3 is 1.18 bits per heavy atom. The average molecular weight is 315 g/mol. The standard InChI is InChI=1S/C20H42O2/c1-3-5-7-8-9-12-17-20(22)18-14-11-10-13-16-19(21)15-6-4-2/h19-22H,3-18H2,1-2H3. The molecule has 0 bridgehead atoms. The third-order valence-corrected chi connectivity index (χ3v) is 4.61. The van der Waals surface area contributed by atoms with Crippen LogP contribution in [-0.2, 0) is 0 Å². The van der Waals surface area contributed by atoms with E-state index in [1.165, 1.54) is 57.8 Å². The maximum atomic E-state index is 9.95. The van der Waals surface area contributed by atoms with Crippen molar-refractivity contribution < 1.29 is 10.2 Å². The molecule has 0 saturated heterocycles. The molecule has 0 aromatic rings. The molecule has 134 valence electrons. The predicted molar refractivity (Wildman–Crippen MR) is 97.2 cm³/mol. The molecule has 2 unspecified atom stereocenters. The first kappa shape index (κ1) is 21.9. The second kappa shape index (κ2) is 17.3. The first-order valence-electron chi connectivity index (χ1n) is 10.1. The van der Waals surface area contributed by atoms with E-state index in [9.17, 15) is 10.2 Å². The van der Waals surface area contributed by atoms with Crippen molar-refractivity contribution in [3.05, 3.63) is 0 Å². The van der Waals surface area contributed by atoms with Gasteiger partial charge in [0.1, 0.15) is 0 Å². The summed E-state index contributed by atoms with van der Waals surface area (Å²) < 4.78 is 0. The Bertz CT molecular complexity index is 206. The van der Waals surface area contributed by atoms with Crippen molar-refractivity contribution in [1.29, 1.82) is 0 Å². The van der Waals surface area contributed by atoms with Crippen LogP contribution >= 0.6 is 0 Å². The lowest BCUT2D eigenvalue weighted by Gasteiger charge is -2.11. The van der Waals surface area contributed by atoms with Gasteiger partial charge in [0, 0.05) is 0 Å². The van der Waals surface area contributed by atoms with Crippen LogP contribution in [-0.4, -0.2) is 22.4 Å². The summed E-state index contributed by atoms with van der Waals surface area (Å²) in [5.41, 5.74) is 0. The molecule has 2 nitrogen and oxygen atoms in total. The van der Waals surface area contributed by atoms with Crippen LogP contribution in [0.2, 0.25) is 0 Å². The van der Waals surface area contributed by atoms with E-state index in [-0.39, 0.29) is 12.2 Å². The van der Waals surface area contributed by atoms with Crippen LogP contribution in [0.4, 0.5) is 0 Å². The van der Waals surface area contributed by atoms with Crippen LogP contribution in [0.15, 0.2) is 0 Å². The lowest BCUT2D eigenvalue weighted by atomic mass is 10.0. The minimum absolute atomic E-state index is 0.0821. The van der Waals surface area contributed by atoms with Crippen molar-refractivity contribution in [3.63, 3.8) is 0 Å². The maximum Gasteiger partial charge on any atom is 0.0540 e. The van der Waals surface area contributed by atoms with Crippen molar-refractivity contribution in [1.82, 2.24) is 0 Å². The van der Waals surface area contributed by atoms with Gasteiger partial charge in [-0.3, -0.25) is 0 Å². The molecule has 0 rings (SSSR count). The number of hydrogen-bond acceptors (Lipinski definition) is 2. The van der Waals surface area contributed by atoms with E-state index >= 15 is 0 Å². The fraction of sp³-hybridized carbons (Fsp3) is 1.00. The second-order valence-electron chi connectivity index (χ2n) is 7.00. The van der Waals surface area contributed by atoms with Gasteiger partial charge in [-0.2, -0.15) is 0 Å². The van der Waals surface area contributed by atoms with Crippen LogP contribution in [0, 0.1) is 0 Å². The lowest BCUT2D eigenvalue weighted by Crippen LogP contribution is -2.07. The van der Waals surface area contributed by atoms with E-state index < -0.39 is 0 Å². The van der Waals surface area contributed by atoms with Crippen LogP contribution in [0.5, 0.6) is 0 Å². The van der Waals surface area contributed by atoms with Gasteiger partial charge < -0.3 is 10.2 Å². The molecule has 2 atom stereocenters. The highest BCUT2D eigenvalue weighted by molar-refractivity contribution is 4.59. The highest BCUT2D eigenvalue weighted by Crippen LogP contribution is 2.15. The van der Waals surface area contributed by atoms with Gasteiger partial charge in [-0.1, -0.05) is 90.9 Å². The zero-order valence-electron chi connectivity index (χ0n) is 15.4. The SMILES string of the molecule is CCCCCCCCC(O)CCCCCCC(O)CCCC. The van der Waals surface area contributed by atoms with Crippen molar-refractivity contribution in [3.8, 4) is 0 Å². The number of rotatable bonds is 17. The summed E-state index contributed by atoms with van der Waals surface area (Å²) in [5.74, 6) is 0. The Morgan fingerprint density at radius 2 is 0.773 bits per heavy atom. The van der Waals surface area contributed by atoms with E-state index in [0.717, 1.165) is 44.9 Å². The van der Waals surface area contributed by atoms with E-state index in [1.54, 1.807) is 0 Å². The molecule has 0 aliphatic carbocycles. The molecule has 0 saturated carbocycles. The van der Waals surface area contributed by atoms with Crippen molar-refractivity contribution >= 4 is 0 Å². The Morgan fingerprint density at radius 1 is 0.455 bits per heavy atom. The molecule has 0 heterocycles. The smallest absolute Gasteiger partial charge is 0.0540 e. The number of hydrogen-bond donors (Lipinski definition) is 2. The molecule has 0 aromatic heterocycles. The Hall–Kier alpha value is -0.0800. The summed E-state index contributed by atoms with van der Waals surface area (Å²) in [4.78, 5) is 0. The maximum absolute atomic E-state index is 9.95. The fourth-order valence-corrected chi connectivity index (χ4v) is 3.00. The molecule has 0 radical (unpaired) electrons. The summed E-state index contributed by atoms with van der Waals surface area (Å²) in [6.45, 7) is 4.42. The normalized spacial score (nSPS) is 14.2. The first-order chi connectivity index (χ1) is 10.7. The van der Waals surface area contributed by atoms with Gasteiger partial charge in [-0.15, -0.1) is 0 Å². The van der Waals surface area contributed by atoms with Crippen molar-refractivity contribution in [2.45, 2.75) is 129 Å². The summed E-state index contributed by atoms with van der Waals surface area (Å²) in [6.07, 6.45) is 18.5. The van der Waals surface area contributed by atoms with Crippen molar-refractivity contribution in [2.75, 3.05) is 0 Å². The van der Waals surface area contributed by atoms with Gasteiger partial charge in [-0.05, 0) is 25.7 Å². The zero-order valence-corrected chi connectivity index (χ0v) is 15.4. The molecule has 0 fully saturated rings. The summed E-state index contributed by atoms with van der Waals surface area (Å²) in [5, 5.41) is 19.7. The number of unbranched alkanes of at least 4 members (excludes halogenated alkanes) is 9. The zero-order chi connectivity index (χ0) is 16.5. The first-order valence-corrected chi connectivity index (χ1v) is 10.1. The van der Waals surface area contributed by atoms with Gasteiger partial charge in [0.05, 0.1) is 12.2 Å². The van der Waals surface area contributed by atoms with E-state index in [0.29, 0.717) is 0 Å². The second-order valence-corrected chi connectivity index (χ2v) is 7.00. The van der Waals surface area contributed by atoms with Crippen molar-refractivity contribution in [2.24, 2.45) is 0 Å². The molecular weight excluding hydrogens is 272 g/mol. The van der Waals surface area contributed by atoms with E-state index in [2.05, 4.69) is 13.8 Å². The van der Waals surface area contributed by atoms with Gasteiger partial charge >= 0.3 is 0 Å². The fourth-order valence-electron chi connectivity index (χ4n) is 3.00. The summed E-state index contributed by atoms with van der Waals surface area (Å²) >= 11 is 0. The minimum Gasteiger partial charge on any atom is -0.393 e. The molecule has 2 N–H and O–H groups in total. The molecule has 0 aliphatic rings. The predicted octanol–water partition coefficient (Wildman–Crippen LogP) is 5.99. The average Bonchev–Trinajstić information content (AvgIpc) is 2.52.